The van der Waals surface area contributed by atoms with Crippen molar-refractivity contribution in [2.45, 2.75) is 26.0 Å². The van der Waals surface area contributed by atoms with Gasteiger partial charge < -0.3 is 5.11 Å². The summed E-state index contributed by atoms with van der Waals surface area (Å²) in [5, 5.41) is 13.8. The summed E-state index contributed by atoms with van der Waals surface area (Å²) in [5.74, 6) is -0.545. The number of rotatable bonds is 7. The van der Waals surface area contributed by atoms with Crippen LogP contribution in [0.4, 0.5) is 15.2 Å². The van der Waals surface area contributed by atoms with Crippen LogP contribution >= 0.6 is 18.8 Å². The Bertz CT molecular complexity index is 1230. The molecule has 1 aliphatic rings. The Labute approximate surface area is 209 Å². The number of nitrogens with one attached hydrogen (secondary N) is 1. The van der Waals surface area contributed by atoms with E-state index in [0.717, 1.165) is 31.1 Å². The third-order valence-electron chi connectivity index (χ3n) is 6.31. The molecule has 0 radical (unpaired) electrons. The molecule has 0 unspecified atom stereocenters. The van der Waals surface area contributed by atoms with Gasteiger partial charge in [-0.3, -0.25) is 0 Å². The molecule has 0 bridgehead atoms. The van der Waals surface area contributed by atoms with Crippen molar-refractivity contribution < 1.29 is 19.2 Å². The molecule has 0 saturated carbocycles. The molecule has 10 heteroatoms. The van der Waals surface area contributed by atoms with Gasteiger partial charge in [-0.25, -0.2) is 4.39 Å². The fourth-order valence-corrected chi connectivity index (χ4v) is 7.01. The van der Waals surface area contributed by atoms with E-state index in [-0.39, 0.29) is 5.56 Å². The Hall–Kier alpha value is -2.42. The molecule has 2 aromatic heterocycles. The number of carbonyl (C=O) groups excluding carboxylic acids is 1. The molecule has 3 heterocycles. The molecule has 1 aromatic carbocycles. The molecular formula is C25H32FN4O3PS. The minimum absolute atomic E-state index is 0.256. The van der Waals surface area contributed by atoms with Gasteiger partial charge in [0.2, 0.25) is 0 Å². The largest absolute Gasteiger partial charge is 0.206 e. The number of pyridine rings is 1. The summed E-state index contributed by atoms with van der Waals surface area (Å²) < 4.78 is 14.9. The second-order valence-corrected chi connectivity index (χ2v) is 14.9. The van der Waals surface area contributed by atoms with Gasteiger partial charge >= 0.3 is 151 Å². The van der Waals surface area contributed by atoms with Crippen molar-refractivity contribution in [2.24, 2.45) is 5.73 Å². The van der Waals surface area contributed by atoms with Gasteiger partial charge in [0, 0.05) is 0 Å². The third-order valence-corrected chi connectivity index (χ3v) is 9.99. The summed E-state index contributed by atoms with van der Waals surface area (Å²) in [4.78, 5) is 29.9. The molecular weight excluding hydrogens is 486 g/mol. The summed E-state index contributed by atoms with van der Waals surface area (Å²) >= 11 is 1.22. The Morgan fingerprint density at radius 2 is 1.97 bits per heavy atom. The number of hydrogen-bond donors (Lipinski definition) is 4. The number of aliphatic hydroxyl groups is 1. The fourth-order valence-electron chi connectivity index (χ4n) is 4.07. The van der Waals surface area contributed by atoms with Crippen LogP contribution in [0.1, 0.15) is 35.5 Å². The van der Waals surface area contributed by atoms with Gasteiger partial charge in [0.1, 0.15) is 5.82 Å². The van der Waals surface area contributed by atoms with Crippen molar-refractivity contribution in [2.75, 3.05) is 37.4 Å². The molecule has 1 amide bonds. The number of aromatic nitrogens is 1. The first-order chi connectivity index (χ1) is 16.4. The molecule has 7 nitrogen and oxygen atoms in total. The molecule has 4 rings (SSSR count). The van der Waals surface area contributed by atoms with E-state index in [1.165, 1.54) is 17.4 Å². The van der Waals surface area contributed by atoms with E-state index in [1.54, 1.807) is 38.1 Å². The van der Waals surface area contributed by atoms with Gasteiger partial charge in [0.05, 0.1) is 5.60 Å². The van der Waals surface area contributed by atoms with Gasteiger partial charge in [-0.2, -0.15) is 0 Å². The Morgan fingerprint density at radius 3 is 2.60 bits per heavy atom. The summed E-state index contributed by atoms with van der Waals surface area (Å²) in [6.45, 7) is 7.59. The number of benzene rings is 1. The summed E-state index contributed by atoms with van der Waals surface area (Å²) in [7, 11) is -2.03. The van der Waals surface area contributed by atoms with Crippen LogP contribution in [0.2, 0.25) is 0 Å². The summed E-state index contributed by atoms with van der Waals surface area (Å²) in [6.07, 6.45) is 1.72. The smallest absolute Gasteiger partial charge is 0.132 e. The number of nitrogens with two attached hydrogens (primary N) is 1. The van der Waals surface area contributed by atoms with Crippen molar-refractivity contribution in [1.82, 2.24) is 9.88 Å². The van der Waals surface area contributed by atoms with E-state index < -0.39 is 24.8 Å². The number of primary amides is 1. The molecule has 188 valence electrons. The average molecular weight is 519 g/mol. The molecule has 0 atom stereocenters. The minimum atomic E-state index is -2.03. The zero-order valence-electron chi connectivity index (χ0n) is 20.1. The predicted octanol–water partition coefficient (Wildman–Crippen LogP) is 4.12. The topological polar surface area (TPSA) is 112 Å². The van der Waals surface area contributed by atoms with Crippen molar-refractivity contribution in [1.29, 1.82) is 0 Å². The number of halogens is 1. The molecule has 3 aromatic rings. The van der Waals surface area contributed by atoms with Crippen LogP contribution in [0.15, 0.2) is 42.5 Å². The zero-order chi connectivity index (χ0) is 25.4. The zero-order valence-corrected chi connectivity index (χ0v) is 22.0. The molecule has 35 heavy (non-hydrogen) atoms. The number of anilines is 2. The van der Waals surface area contributed by atoms with E-state index in [9.17, 15) is 19.2 Å². The van der Waals surface area contributed by atoms with Crippen LogP contribution in [-0.4, -0.2) is 57.9 Å². The van der Waals surface area contributed by atoms with Crippen LogP contribution in [0.5, 0.6) is 0 Å². The number of carbonyl (C=O) groups is 1. The molecule has 1 saturated heterocycles. The quantitative estimate of drug-likeness (QED) is 0.350. The monoisotopic (exact) mass is 518 g/mol. The van der Waals surface area contributed by atoms with Crippen molar-refractivity contribution in [3.8, 4) is 10.4 Å². The van der Waals surface area contributed by atoms with Crippen LogP contribution in [0, 0.1) is 5.82 Å². The summed E-state index contributed by atoms with van der Waals surface area (Å²) in [6, 6.07) is 11.8. The number of amides is 1. The predicted molar refractivity (Wildman–Crippen MR) is 142 cm³/mol. The fraction of sp³-hybridized carbons (Fsp3) is 0.360. The Balaban J connectivity index is 1.55. The van der Waals surface area contributed by atoms with Crippen LogP contribution in [0.25, 0.3) is 10.4 Å². The van der Waals surface area contributed by atoms with Gasteiger partial charge in [0.15, 0.2) is 0 Å². The average Bonchev–Trinajstić information content (AvgIpc) is 3.18. The van der Waals surface area contributed by atoms with Crippen LogP contribution in [0.3, 0.4) is 0 Å². The van der Waals surface area contributed by atoms with E-state index in [2.05, 4.69) is 15.2 Å². The van der Waals surface area contributed by atoms with Crippen LogP contribution < -0.4 is 11.1 Å². The van der Waals surface area contributed by atoms with E-state index >= 15 is 0 Å². The SMILES string of the molecule is CC(C)(O)c1ccc(-c2cc(C(N)=O)c(Nc3cccc(CN4CC[PH](C)(O)CC4)n3)s2)c(F)c1. The molecule has 0 spiro atoms. The van der Waals surface area contributed by atoms with Gasteiger partial charge in [-0.05, 0) is 25.5 Å². The molecule has 0 aliphatic carbocycles. The molecule has 1 aliphatic heterocycles. The minimum Gasteiger partial charge on any atom is -0.206 e. The number of hydrogen-bond acceptors (Lipinski definition) is 7. The normalized spacial score (nSPS) is 17.2. The first kappa shape index (κ1) is 25.7. The third kappa shape index (κ3) is 6.23. The Kier molecular flexibility index (Phi) is 7.27. The first-order valence-corrected chi connectivity index (χ1v) is 15.2. The summed E-state index contributed by atoms with van der Waals surface area (Å²) in [5.41, 5.74) is 6.37. The van der Waals surface area contributed by atoms with Gasteiger partial charge in [0.25, 0.3) is 0 Å². The van der Waals surface area contributed by atoms with Crippen molar-refractivity contribution in [3.05, 3.63) is 65.1 Å². The standard InChI is InChI=1S/C25H32FN4O3PS/c1-25(2,32)16-7-8-18(20(26)13-16)21-14-19(23(27)31)24(35-21)29-22-6-4-5-17(28-22)15-30-9-11-34(3,33)12-10-30/h4-8,13-14,32-34H,9-12,15H2,1-3H3,(H2,27,31)(H,28,29). The maximum Gasteiger partial charge on any atom is 0.132 e. The van der Waals surface area contributed by atoms with Crippen molar-refractivity contribution in [3.63, 3.8) is 0 Å². The maximum absolute atomic E-state index is 14.9. The second-order valence-electron chi connectivity index (χ2n) is 9.88. The van der Waals surface area contributed by atoms with Crippen LogP contribution in [-0.2, 0) is 12.1 Å². The number of nitrogens with zero attached hydrogens (tertiary/aromatic N) is 2. The van der Waals surface area contributed by atoms with Gasteiger partial charge in [-0.15, -0.1) is 0 Å². The maximum atomic E-state index is 14.9. The van der Waals surface area contributed by atoms with Gasteiger partial charge in [-0.1, -0.05) is 12.1 Å². The Morgan fingerprint density at radius 1 is 1.26 bits per heavy atom. The van der Waals surface area contributed by atoms with Crippen molar-refractivity contribution >= 4 is 35.6 Å². The second kappa shape index (κ2) is 9.91. The number of thiophene rings is 1. The molecule has 5 N–H and O–H groups in total. The van der Waals surface area contributed by atoms with E-state index in [4.69, 9.17) is 5.73 Å². The van der Waals surface area contributed by atoms with E-state index in [0.29, 0.717) is 33.4 Å². The first-order valence-electron chi connectivity index (χ1n) is 11.6. The molecule has 1 fully saturated rings. The van der Waals surface area contributed by atoms with E-state index in [1.807, 2.05) is 18.8 Å².